The first-order valence-corrected chi connectivity index (χ1v) is 5.35. The summed E-state index contributed by atoms with van der Waals surface area (Å²) in [7, 11) is 1.62. The van der Waals surface area contributed by atoms with Crippen LogP contribution in [-0.2, 0) is 9.53 Å². The smallest absolute Gasteiger partial charge is 0.166 e. The molecule has 0 aromatic heterocycles. The minimum absolute atomic E-state index is 0.381. The van der Waals surface area contributed by atoms with Crippen LogP contribution in [0.3, 0.4) is 0 Å². The van der Waals surface area contributed by atoms with Crippen molar-refractivity contribution in [1.29, 1.82) is 0 Å². The quantitative estimate of drug-likeness (QED) is 0.665. The van der Waals surface area contributed by atoms with E-state index in [1.165, 1.54) is 0 Å². The summed E-state index contributed by atoms with van der Waals surface area (Å²) in [6.07, 6.45) is 11.7. The summed E-state index contributed by atoms with van der Waals surface area (Å²) in [5.41, 5.74) is 1.71. The Labute approximate surface area is 95.4 Å². The lowest BCUT2D eigenvalue weighted by Gasteiger charge is -2.24. The fourth-order valence-corrected chi connectivity index (χ4v) is 1.85. The van der Waals surface area contributed by atoms with Crippen LogP contribution in [0.4, 0.5) is 0 Å². The number of carbonyl (C=O) groups is 1. The monoisotopic (exact) mass is 217 g/mol. The van der Waals surface area contributed by atoms with Crippen molar-refractivity contribution in [2.75, 3.05) is 7.11 Å². The third-order valence-electron chi connectivity index (χ3n) is 2.74. The third kappa shape index (κ3) is 1.94. The molecular weight excluding hydrogens is 202 g/mol. The van der Waals surface area contributed by atoms with Crippen LogP contribution in [0.25, 0.3) is 0 Å². The largest absolute Gasteiger partial charge is 0.495 e. The second-order valence-electron chi connectivity index (χ2n) is 3.99. The Morgan fingerprint density at radius 2 is 2.31 bits per heavy atom. The van der Waals surface area contributed by atoms with Crippen molar-refractivity contribution in [2.24, 2.45) is 5.92 Å². The van der Waals surface area contributed by atoms with Gasteiger partial charge in [0.2, 0.25) is 0 Å². The van der Waals surface area contributed by atoms with Gasteiger partial charge in [-0.2, -0.15) is 0 Å². The maximum Gasteiger partial charge on any atom is 0.166 e. The first kappa shape index (κ1) is 10.7. The number of nitrogens with zero attached hydrogens (tertiary/aromatic N) is 1. The summed E-state index contributed by atoms with van der Waals surface area (Å²) >= 11 is 0. The first-order valence-electron chi connectivity index (χ1n) is 5.35. The molecular formula is C13H15NO2. The van der Waals surface area contributed by atoms with Crippen molar-refractivity contribution in [2.45, 2.75) is 13.3 Å². The van der Waals surface area contributed by atoms with E-state index >= 15 is 0 Å². The van der Waals surface area contributed by atoms with Crippen LogP contribution in [0.15, 0.2) is 47.7 Å². The van der Waals surface area contributed by atoms with E-state index in [2.05, 4.69) is 13.0 Å². The molecule has 1 unspecified atom stereocenters. The fraction of sp³-hybridized carbons (Fsp3) is 0.308. The number of fused-ring (bicyclic) bond motifs is 1. The molecule has 2 rings (SSSR count). The number of allylic oxidation sites excluding steroid dienone is 5. The van der Waals surface area contributed by atoms with Crippen LogP contribution in [0.5, 0.6) is 0 Å². The minimum Gasteiger partial charge on any atom is -0.495 e. The van der Waals surface area contributed by atoms with Gasteiger partial charge in [0.15, 0.2) is 6.29 Å². The Morgan fingerprint density at radius 3 is 3.00 bits per heavy atom. The summed E-state index contributed by atoms with van der Waals surface area (Å²) < 4.78 is 5.16. The molecule has 0 bridgehead atoms. The SMILES string of the molecule is COC1=CN2C(=CCC(C)C=C2C=O)C=C1. The fourth-order valence-electron chi connectivity index (χ4n) is 1.85. The number of methoxy groups -OCH3 is 1. The number of carbonyl (C=O) groups excluding carboxylic acids is 1. The summed E-state index contributed by atoms with van der Waals surface area (Å²) in [5.74, 6) is 1.13. The van der Waals surface area contributed by atoms with Gasteiger partial charge in [-0.3, -0.25) is 4.79 Å². The molecule has 0 aromatic carbocycles. The molecule has 1 atom stereocenters. The van der Waals surface area contributed by atoms with E-state index in [9.17, 15) is 4.79 Å². The Bertz CT molecular complexity index is 416. The van der Waals surface area contributed by atoms with Gasteiger partial charge in [-0.05, 0) is 24.5 Å². The highest BCUT2D eigenvalue weighted by atomic mass is 16.5. The number of aldehydes is 1. The Morgan fingerprint density at radius 1 is 1.50 bits per heavy atom. The van der Waals surface area contributed by atoms with E-state index in [0.29, 0.717) is 11.6 Å². The molecule has 16 heavy (non-hydrogen) atoms. The van der Waals surface area contributed by atoms with E-state index in [1.54, 1.807) is 7.11 Å². The van der Waals surface area contributed by atoms with E-state index in [-0.39, 0.29) is 0 Å². The van der Waals surface area contributed by atoms with Gasteiger partial charge in [0, 0.05) is 5.70 Å². The van der Waals surface area contributed by atoms with Crippen molar-refractivity contribution in [3.63, 3.8) is 0 Å². The van der Waals surface area contributed by atoms with Gasteiger partial charge in [0.25, 0.3) is 0 Å². The van der Waals surface area contributed by atoms with Crippen LogP contribution in [0.2, 0.25) is 0 Å². The van der Waals surface area contributed by atoms with Gasteiger partial charge in [0.05, 0.1) is 19.0 Å². The number of ether oxygens (including phenoxy) is 1. The zero-order valence-electron chi connectivity index (χ0n) is 9.51. The molecule has 0 radical (unpaired) electrons. The van der Waals surface area contributed by atoms with Gasteiger partial charge in [-0.15, -0.1) is 0 Å². The topological polar surface area (TPSA) is 29.5 Å². The van der Waals surface area contributed by atoms with E-state index in [4.69, 9.17) is 4.74 Å². The maximum absolute atomic E-state index is 11.1. The lowest BCUT2D eigenvalue weighted by molar-refractivity contribution is -0.105. The lowest BCUT2D eigenvalue weighted by Crippen LogP contribution is -2.18. The Kier molecular flexibility index (Phi) is 2.95. The van der Waals surface area contributed by atoms with Gasteiger partial charge in [0.1, 0.15) is 5.76 Å². The van der Waals surface area contributed by atoms with Gasteiger partial charge in [-0.25, -0.2) is 0 Å². The van der Waals surface area contributed by atoms with Crippen LogP contribution in [0, 0.1) is 5.92 Å². The highest BCUT2D eigenvalue weighted by molar-refractivity contribution is 5.74. The van der Waals surface area contributed by atoms with E-state index in [1.807, 2.05) is 29.3 Å². The molecule has 0 saturated carbocycles. The first-order chi connectivity index (χ1) is 7.74. The second kappa shape index (κ2) is 4.39. The van der Waals surface area contributed by atoms with Crippen LogP contribution in [-0.4, -0.2) is 18.3 Å². The van der Waals surface area contributed by atoms with Crippen molar-refractivity contribution >= 4 is 6.29 Å². The number of rotatable bonds is 2. The van der Waals surface area contributed by atoms with Crippen LogP contribution >= 0.6 is 0 Å². The molecule has 0 N–H and O–H groups in total. The van der Waals surface area contributed by atoms with Gasteiger partial charge >= 0.3 is 0 Å². The van der Waals surface area contributed by atoms with E-state index < -0.39 is 0 Å². The molecule has 2 heterocycles. The van der Waals surface area contributed by atoms with Crippen molar-refractivity contribution < 1.29 is 9.53 Å². The number of hydrogen-bond acceptors (Lipinski definition) is 3. The molecule has 3 nitrogen and oxygen atoms in total. The summed E-state index contributed by atoms with van der Waals surface area (Å²) in [6.45, 7) is 2.10. The van der Waals surface area contributed by atoms with Crippen LogP contribution in [0.1, 0.15) is 13.3 Å². The Balaban J connectivity index is 2.41. The lowest BCUT2D eigenvalue weighted by atomic mass is 10.1. The average molecular weight is 217 g/mol. The number of hydrogen-bond donors (Lipinski definition) is 0. The molecule has 0 saturated heterocycles. The zero-order chi connectivity index (χ0) is 11.5. The highest BCUT2D eigenvalue weighted by Crippen LogP contribution is 2.26. The Hall–Kier alpha value is -1.77. The third-order valence-corrected chi connectivity index (χ3v) is 2.74. The predicted molar refractivity (Wildman–Crippen MR) is 62.1 cm³/mol. The zero-order valence-corrected chi connectivity index (χ0v) is 9.51. The van der Waals surface area contributed by atoms with Crippen molar-refractivity contribution in [3.05, 3.63) is 47.7 Å². The summed E-state index contributed by atoms with van der Waals surface area (Å²) in [5, 5.41) is 0. The molecule has 0 spiro atoms. The summed E-state index contributed by atoms with van der Waals surface area (Å²) in [6, 6.07) is 0. The maximum atomic E-state index is 11.1. The van der Waals surface area contributed by atoms with Gasteiger partial charge < -0.3 is 9.64 Å². The molecule has 2 aliphatic heterocycles. The molecule has 0 amide bonds. The molecule has 0 fully saturated rings. The molecule has 3 heteroatoms. The molecule has 84 valence electrons. The minimum atomic E-state index is 0.381. The van der Waals surface area contributed by atoms with Gasteiger partial charge in [-0.1, -0.05) is 19.1 Å². The molecule has 2 aliphatic rings. The van der Waals surface area contributed by atoms with Crippen molar-refractivity contribution in [1.82, 2.24) is 4.90 Å². The van der Waals surface area contributed by atoms with Crippen molar-refractivity contribution in [3.8, 4) is 0 Å². The standard InChI is InChI=1S/C13H15NO2/c1-10-3-4-11-5-6-13(16-2)8-14(11)12(7-10)9-15/h4-10H,3H2,1-2H3. The summed E-state index contributed by atoms with van der Waals surface area (Å²) in [4.78, 5) is 12.9. The predicted octanol–water partition coefficient (Wildman–Crippen LogP) is 2.35. The van der Waals surface area contributed by atoms with E-state index in [0.717, 1.165) is 24.2 Å². The second-order valence-corrected chi connectivity index (χ2v) is 3.99. The average Bonchev–Trinajstić information content (AvgIpc) is 2.48. The normalized spacial score (nSPS) is 23.8. The highest BCUT2D eigenvalue weighted by Gasteiger charge is 2.18. The molecule has 0 aromatic rings. The molecule has 0 aliphatic carbocycles. The van der Waals surface area contributed by atoms with Crippen LogP contribution < -0.4 is 0 Å².